The second-order valence-corrected chi connectivity index (χ2v) is 4.82. The van der Waals surface area contributed by atoms with Gasteiger partial charge < -0.3 is 10.3 Å². The van der Waals surface area contributed by atoms with Crippen molar-refractivity contribution in [3.05, 3.63) is 11.6 Å². The third-order valence-corrected chi connectivity index (χ3v) is 3.64. The van der Waals surface area contributed by atoms with E-state index in [1.807, 2.05) is 7.05 Å². The maximum Gasteiger partial charge on any atom is 0.146 e. The van der Waals surface area contributed by atoms with Crippen LogP contribution in [0.15, 0.2) is 0 Å². The molecule has 1 heterocycles. The topological polar surface area (TPSA) is 56.7 Å². The van der Waals surface area contributed by atoms with Crippen LogP contribution in [-0.2, 0) is 19.0 Å². The van der Waals surface area contributed by atoms with Crippen LogP contribution in [0, 0.1) is 0 Å². The minimum atomic E-state index is 0.216. The average molecular weight is 208 g/mol. The summed E-state index contributed by atoms with van der Waals surface area (Å²) in [5, 5.41) is 8.46. The van der Waals surface area contributed by atoms with Gasteiger partial charge in [-0.2, -0.15) is 0 Å². The summed E-state index contributed by atoms with van der Waals surface area (Å²) in [7, 11) is 2.03. The largest absolute Gasteiger partial charge is 0.324 e. The predicted molar refractivity (Wildman–Crippen MR) is 59.3 cm³/mol. The minimum absolute atomic E-state index is 0.216. The Morgan fingerprint density at radius 2 is 1.93 bits per heavy atom. The molecule has 0 saturated heterocycles. The molecule has 1 aromatic heterocycles. The molecule has 0 amide bonds. The molecule has 1 aliphatic carbocycles. The van der Waals surface area contributed by atoms with Crippen LogP contribution in [0.25, 0.3) is 0 Å². The molecule has 2 N–H and O–H groups in total. The van der Waals surface area contributed by atoms with Crippen LogP contribution in [-0.4, -0.2) is 14.8 Å². The summed E-state index contributed by atoms with van der Waals surface area (Å²) in [4.78, 5) is 0. The third-order valence-electron chi connectivity index (χ3n) is 3.64. The van der Waals surface area contributed by atoms with Crippen LogP contribution in [0.1, 0.15) is 50.7 Å². The molecule has 1 fully saturated rings. The zero-order chi connectivity index (χ0) is 10.9. The number of hydrogen-bond acceptors (Lipinski definition) is 3. The molecule has 0 atom stereocenters. The maximum atomic E-state index is 5.61. The fourth-order valence-corrected chi connectivity index (χ4v) is 2.62. The van der Waals surface area contributed by atoms with Crippen molar-refractivity contribution < 1.29 is 0 Å². The Bertz CT molecular complexity index is 336. The summed E-state index contributed by atoms with van der Waals surface area (Å²) in [6, 6.07) is 0. The zero-order valence-electron chi connectivity index (χ0n) is 9.66. The van der Waals surface area contributed by atoms with Crippen molar-refractivity contribution >= 4 is 0 Å². The highest BCUT2D eigenvalue weighted by Gasteiger charge is 2.33. The molecule has 4 nitrogen and oxygen atoms in total. The van der Waals surface area contributed by atoms with E-state index in [-0.39, 0.29) is 5.41 Å². The first-order valence-corrected chi connectivity index (χ1v) is 5.76. The number of rotatable bonds is 2. The Labute approximate surface area is 90.9 Å². The lowest BCUT2D eigenvalue weighted by atomic mass is 9.75. The molecule has 4 heteroatoms. The molecule has 0 aromatic carbocycles. The predicted octanol–water partition coefficient (Wildman–Crippen LogP) is 1.50. The van der Waals surface area contributed by atoms with Gasteiger partial charge in [0.05, 0.1) is 6.54 Å². The lowest BCUT2D eigenvalue weighted by Crippen LogP contribution is -2.29. The van der Waals surface area contributed by atoms with Gasteiger partial charge in [0.25, 0.3) is 0 Å². The molecule has 84 valence electrons. The van der Waals surface area contributed by atoms with E-state index in [4.69, 9.17) is 5.73 Å². The molecule has 1 aliphatic rings. The van der Waals surface area contributed by atoms with Gasteiger partial charge in [0.1, 0.15) is 11.6 Å². The first-order chi connectivity index (χ1) is 7.17. The first kappa shape index (κ1) is 10.6. The second-order valence-electron chi connectivity index (χ2n) is 4.82. The monoisotopic (exact) mass is 208 g/mol. The number of nitrogens with two attached hydrogens (primary N) is 1. The fourth-order valence-electron chi connectivity index (χ4n) is 2.62. The standard InChI is InChI=1S/C11H20N4/c1-11(6-4-3-5-7-11)10-14-13-9(8-12)15(10)2/h3-8,12H2,1-2H3. The molecule has 0 unspecified atom stereocenters. The van der Waals surface area contributed by atoms with E-state index in [1.54, 1.807) is 0 Å². The highest BCUT2D eigenvalue weighted by Crippen LogP contribution is 2.37. The van der Waals surface area contributed by atoms with Crippen LogP contribution >= 0.6 is 0 Å². The van der Waals surface area contributed by atoms with E-state index in [0.29, 0.717) is 6.54 Å². The van der Waals surface area contributed by atoms with Gasteiger partial charge in [-0.05, 0) is 12.8 Å². The second kappa shape index (κ2) is 3.93. The molecule has 15 heavy (non-hydrogen) atoms. The van der Waals surface area contributed by atoms with Gasteiger partial charge in [0.15, 0.2) is 0 Å². The normalized spacial score (nSPS) is 20.5. The molecule has 0 radical (unpaired) electrons. The molecule has 0 spiro atoms. The SMILES string of the molecule is Cn1c(CN)nnc1C1(C)CCCCC1. The minimum Gasteiger partial charge on any atom is -0.324 e. The number of aromatic nitrogens is 3. The zero-order valence-corrected chi connectivity index (χ0v) is 9.66. The van der Waals surface area contributed by atoms with Crippen molar-refractivity contribution in [3.63, 3.8) is 0 Å². The summed E-state index contributed by atoms with van der Waals surface area (Å²) in [6.07, 6.45) is 6.42. The fraction of sp³-hybridized carbons (Fsp3) is 0.818. The van der Waals surface area contributed by atoms with Crippen molar-refractivity contribution in [1.82, 2.24) is 14.8 Å². The van der Waals surface area contributed by atoms with E-state index < -0.39 is 0 Å². The Hall–Kier alpha value is -0.900. The number of hydrogen-bond donors (Lipinski definition) is 1. The van der Waals surface area contributed by atoms with Gasteiger partial charge >= 0.3 is 0 Å². The maximum absolute atomic E-state index is 5.61. The Morgan fingerprint density at radius 1 is 1.27 bits per heavy atom. The molecule has 1 saturated carbocycles. The first-order valence-electron chi connectivity index (χ1n) is 5.76. The summed E-state index contributed by atoms with van der Waals surface area (Å²) in [5.74, 6) is 2.00. The number of nitrogens with zero attached hydrogens (tertiary/aromatic N) is 3. The molecular formula is C11H20N4. The van der Waals surface area contributed by atoms with Gasteiger partial charge in [-0.3, -0.25) is 0 Å². The van der Waals surface area contributed by atoms with Crippen LogP contribution in [0.5, 0.6) is 0 Å². The van der Waals surface area contributed by atoms with E-state index in [1.165, 1.54) is 32.1 Å². The van der Waals surface area contributed by atoms with Crippen LogP contribution in [0.4, 0.5) is 0 Å². The summed E-state index contributed by atoms with van der Waals surface area (Å²) in [5.41, 5.74) is 5.83. The highest BCUT2D eigenvalue weighted by atomic mass is 15.3. The van der Waals surface area contributed by atoms with E-state index in [2.05, 4.69) is 21.7 Å². The van der Waals surface area contributed by atoms with E-state index >= 15 is 0 Å². The third kappa shape index (κ3) is 1.78. The summed E-state index contributed by atoms with van der Waals surface area (Å²) >= 11 is 0. The van der Waals surface area contributed by atoms with Crippen molar-refractivity contribution in [2.45, 2.75) is 51.0 Å². The van der Waals surface area contributed by atoms with Crippen molar-refractivity contribution in [3.8, 4) is 0 Å². The Balaban J connectivity index is 2.30. The Kier molecular flexibility index (Phi) is 2.78. The lowest BCUT2D eigenvalue weighted by Gasteiger charge is -2.32. The van der Waals surface area contributed by atoms with Gasteiger partial charge in [-0.25, -0.2) is 0 Å². The summed E-state index contributed by atoms with van der Waals surface area (Å²) < 4.78 is 2.07. The van der Waals surface area contributed by atoms with Gasteiger partial charge in [-0.1, -0.05) is 26.2 Å². The van der Waals surface area contributed by atoms with Crippen molar-refractivity contribution in [2.24, 2.45) is 12.8 Å². The molecule has 2 rings (SSSR count). The van der Waals surface area contributed by atoms with Gasteiger partial charge in [-0.15, -0.1) is 10.2 Å². The van der Waals surface area contributed by atoms with E-state index in [9.17, 15) is 0 Å². The smallest absolute Gasteiger partial charge is 0.146 e. The van der Waals surface area contributed by atoms with Crippen LogP contribution in [0.3, 0.4) is 0 Å². The molecule has 1 aromatic rings. The van der Waals surface area contributed by atoms with Gasteiger partial charge in [0.2, 0.25) is 0 Å². The van der Waals surface area contributed by atoms with Crippen molar-refractivity contribution in [2.75, 3.05) is 0 Å². The molecule has 0 bridgehead atoms. The summed E-state index contributed by atoms with van der Waals surface area (Å²) in [6.45, 7) is 2.77. The molecular weight excluding hydrogens is 188 g/mol. The molecule has 0 aliphatic heterocycles. The average Bonchev–Trinajstić information content (AvgIpc) is 2.61. The van der Waals surface area contributed by atoms with Gasteiger partial charge in [0, 0.05) is 12.5 Å². The van der Waals surface area contributed by atoms with Crippen LogP contribution in [0.2, 0.25) is 0 Å². The van der Waals surface area contributed by atoms with E-state index in [0.717, 1.165) is 11.6 Å². The van der Waals surface area contributed by atoms with Crippen molar-refractivity contribution in [1.29, 1.82) is 0 Å². The highest BCUT2D eigenvalue weighted by molar-refractivity contribution is 5.09. The van der Waals surface area contributed by atoms with Crippen LogP contribution < -0.4 is 5.73 Å². The quantitative estimate of drug-likeness (QED) is 0.801. The Morgan fingerprint density at radius 3 is 2.47 bits per heavy atom. The lowest BCUT2D eigenvalue weighted by molar-refractivity contribution is 0.296.